The van der Waals surface area contributed by atoms with Crippen molar-refractivity contribution in [3.8, 4) is 5.75 Å². The molecule has 0 fully saturated rings. The van der Waals surface area contributed by atoms with E-state index in [4.69, 9.17) is 14.2 Å². The van der Waals surface area contributed by atoms with E-state index >= 15 is 0 Å². The van der Waals surface area contributed by atoms with Crippen LogP contribution in [0.1, 0.15) is 31.9 Å². The Kier molecular flexibility index (Phi) is 10.7. The number of esters is 2. The van der Waals surface area contributed by atoms with E-state index in [0.717, 1.165) is 5.56 Å². The van der Waals surface area contributed by atoms with Crippen molar-refractivity contribution in [2.45, 2.75) is 45.4 Å². The smallest absolute Gasteiger partial charge is 0.407 e. The number of carbonyl (C=O) groups excluding carboxylic acids is 4. The first-order chi connectivity index (χ1) is 17.1. The molecule has 194 valence electrons. The Bertz CT molecular complexity index is 1020. The zero-order valence-corrected chi connectivity index (χ0v) is 20.9. The number of ether oxygens (including phenoxy) is 4. The number of carbonyl (C=O) groups is 4. The van der Waals surface area contributed by atoms with Crippen molar-refractivity contribution in [3.63, 3.8) is 0 Å². The molecule has 0 radical (unpaired) electrons. The number of rotatable bonds is 11. The van der Waals surface area contributed by atoms with Crippen molar-refractivity contribution in [1.29, 1.82) is 0 Å². The number of hydrogen-bond acceptors (Lipinski definition) is 8. The predicted molar refractivity (Wildman–Crippen MR) is 130 cm³/mol. The van der Waals surface area contributed by atoms with E-state index < -0.39 is 35.6 Å². The Morgan fingerprint density at radius 3 is 2.19 bits per heavy atom. The van der Waals surface area contributed by atoms with Crippen LogP contribution in [-0.4, -0.2) is 55.8 Å². The Hall–Kier alpha value is -4.08. The van der Waals surface area contributed by atoms with Crippen LogP contribution in [0, 0.1) is 0 Å². The van der Waals surface area contributed by atoms with E-state index in [1.807, 2.05) is 30.3 Å². The summed E-state index contributed by atoms with van der Waals surface area (Å²) in [5, 5.41) is 4.97. The van der Waals surface area contributed by atoms with Gasteiger partial charge in [-0.15, -0.1) is 0 Å². The topological polar surface area (TPSA) is 129 Å². The van der Waals surface area contributed by atoms with Gasteiger partial charge in [0.1, 0.15) is 30.5 Å². The van der Waals surface area contributed by atoms with Crippen molar-refractivity contribution in [1.82, 2.24) is 10.6 Å². The van der Waals surface area contributed by atoms with Crippen LogP contribution in [0.15, 0.2) is 54.6 Å². The lowest BCUT2D eigenvalue weighted by Crippen LogP contribution is -2.48. The summed E-state index contributed by atoms with van der Waals surface area (Å²) < 4.78 is 20.4. The second kappa shape index (κ2) is 13.7. The van der Waals surface area contributed by atoms with Crippen LogP contribution in [0.4, 0.5) is 4.79 Å². The summed E-state index contributed by atoms with van der Waals surface area (Å²) in [6.45, 7) is 4.62. The number of nitrogens with one attached hydrogen (secondary N) is 2. The number of methoxy groups -OCH3 is 1. The van der Waals surface area contributed by atoms with E-state index in [-0.39, 0.29) is 26.2 Å². The maximum atomic E-state index is 12.7. The second-order valence-electron chi connectivity index (χ2n) is 8.78. The molecule has 2 aromatic carbocycles. The predicted octanol–water partition coefficient (Wildman–Crippen LogP) is 2.53. The molecule has 2 rings (SSSR count). The summed E-state index contributed by atoms with van der Waals surface area (Å²) in [5.41, 5.74) is 0.765. The third-order valence-corrected chi connectivity index (χ3v) is 4.58. The highest BCUT2D eigenvalue weighted by Gasteiger charge is 2.27. The van der Waals surface area contributed by atoms with Gasteiger partial charge in [0.2, 0.25) is 5.91 Å². The maximum Gasteiger partial charge on any atom is 0.407 e. The van der Waals surface area contributed by atoms with E-state index in [2.05, 4.69) is 15.4 Å². The van der Waals surface area contributed by atoms with E-state index in [0.29, 0.717) is 11.3 Å². The van der Waals surface area contributed by atoms with Gasteiger partial charge in [-0.3, -0.25) is 4.79 Å². The van der Waals surface area contributed by atoms with Gasteiger partial charge in [0, 0.05) is 6.42 Å². The van der Waals surface area contributed by atoms with Gasteiger partial charge in [0.15, 0.2) is 6.61 Å². The lowest BCUT2D eigenvalue weighted by Gasteiger charge is -2.24. The van der Waals surface area contributed by atoms with Gasteiger partial charge in [-0.05, 0) is 44.0 Å². The van der Waals surface area contributed by atoms with Crippen molar-refractivity contribution in [2.24, 2.45) is 0 Å². The lowest BCUT2D eigenvalue weighted by molar-refractivity contribution is -0.158. The van der Waals surface area contributed by atoms with Crippen LogP contribution in [0.25, 0.3) is 0 Å². The van der Waals surface area contributed by atoms with Crippen LogP contribution in [0.2, 0.25) is 0 Å². The van der Waals surface area contributed by atoms with E-state index in [1.165, 1.54) is 7.11 Å². The minimum Gasteiger partial charge on any atom is -0.482 e. The van der Waals surface area contributed by atoms with Gasteiger partial charge in [-0.25, -0.2) is 14.4 Å². The van der Waals surface area contributed by atoms with Crippen molar-refractivity contribution in [3.05, 3.63) is 65.7 Å². The normalized spacial score (nSPS) is 11.6. The molecule has 0 saturated carbocycles. The average Bonchev–Trinajstić information content (AvgIpc) is 2.84. The molecule has 2 amide bonds. The number of alkyl carbamates (subject to hydrolysis) is 1. The zero-order valence-electron chi connectivity index (χ0n) is 20.9. The first-order valence-electron chi connectivity index (χ1n) is 11.3. The molecule has 2 N–H and O–H groups in total. The Morgan fingerprint density at radius 2 is 1.58 bits per heavy atom. The standard InChI is InChI=1S/C26H32N2O8/c1-26(2,3)36-24(31)21(14-18-10-12-20(13-11-18)34-17-23(30)33-4)28-22(29)15-27-25(32)35-16-19-8-6-5-7-9-19/h5-13,21H,14-17H2,1-4H3,(H,27,32)(H,28,29)/t21-/m0/s1. The molecule has 2 aromatic rings. The van der Waals surface area contributed by atoms with E-state index in [1.54, 1.807) is 45.0 Å². The van der Waals surface area contributed by atoms with Crippen LogP contribution in [0.5, 0.6) is 5.75 Å². The quantitative estimate of drug-likeness (QED) is 0.356. The van der Waals surface area contributed by atoms with Crippen LogP contribution in [0.3, 0.4) is 0 Å². The molecule has 0 bridgehead atoms. The van der Waals surface area contributed by atoms with Crippen molar-refractivity contribution < 1.29 is 38.1 Å². The maximum absolute atomic E-state index is 12.7. The Labute approximate surface area is 210 Å². The summed E-state index contributed by atoms with van der Waals surface area (Å²) in [5.74, 6) is -1.27. The first kappa shape index (κ1) is 28.2. The van der Waals surface area contributed by atoms with Crippen molar-refractivity contribution >= 4 is 23.9 Å². The highest BCUT2D eigenvalue weighted by atomic mass is 16.6. The molecule has 0 unspecified atom stereocenters. The number of amides is 2. The molecule has 0 aliphatic rings. The summed E-state index contributed by atoms with van der Waals surface area (Å²) in [4.78, 5) is 48.4. The third-order valence-electron chi connectivity index (χ3n) is 4.58. The monoisotopic (exact) mass is 500 g/mol. The number of hydrogen-bond donors (Lipinski definition) is 2. The van der Waals surface area contributed by atoms with Crippen LogP contribution < -0.4 is 15.4 Å². The molecule has 1 atom stereocenters. The second-order valence-corrected chi connectivity index (χ2v) is 8.78. The van der Waals surface area contributed by atoms with E-state index in [9.17, 15) is 19.2 Å². The molecule has 0 saturated heterocycles. The van der Waals surface area contributed by atoms with Crippen LogP contribution in [-0.2, 0) is 41.6 Å². The Morgan fingerprint density at radius 1 is 0.917 bits per heavy atom. The van der Waals surface area contributed by atoms with Crippen molar-refractivity contribution in [2.75, 3.05) is 20.3 Å². The fourth-order valence-corrected chi connectivity index (χ4v) is 2.90. The largest absolute Gasteiger partial charge is 0.482 e. The van der Waals surface area contributed by atoms with Gasteiger partial charge in [0.25, 0.3) is 0 Å². The average molecular weight is 501 g/mol. The van der Waals surface area contributed by atoms with Gasteiger partial charge < -0.3 is 29.6 Å². The molecule has 10 nitrogen and oxygen atoms in total. The molecule has 0 aromatic heterocycles. The summed E-state index contributed by atoms with van der Waals surface area (Å²) in [6.07, 6.45) is -0.624. The molecule has 36 heavy (non-hydrogen) atoms. The summed E-state index contributed by atoms with van der Waals surface area (Å²) in [6, 6.07) is 14.8. The highest BCUT2D eigenvalue weighted by molar-refractivity contribution is 5.87. The molecule has 10 heteroatoms. The molecule has 0 aliphatic heterocycles. The summed E-state index contributed by atoms with van der Waals surface area (Å²) >= 11 is 0. The van der Waals surface area contributed by atoms with Gasteiger partial charge in [-0.2, -0.15) is 0 Å². The zero-order chi connectivity index (χ0) is 26.6. The molecular weight excluding hydrogens is 468 g/mol. The Balaban J connectivity index is 1.93. The third kappa shape index (κ3) is 10.9. The highest BCUT2D eigenvalue weighted by Crippen LogP contribution is 2.16. The van der Waals surface area contributed by atoms with Gasteiger partial charge in [-0.1, -0.05) is 42.5 Å². The minimum atomic E-state index is -0.999. The number of benzene rings is 2. The molecular formula is C26H32N2O8. The SMILES string of the molecule is COC(=O)COc1ccc(C[C@H](NC(=O)CNC(=O)OCc2ccccc2)C(=O)OC(C)(C)C)cc1. The minimum absolute atomic E-state index is 0.0637. The molecule has 0 aliphatic carbocycles. The van der Waals surface area contributed by atoms with Gasteiger partial charge >= 0.3 is 18.0 Å². The fraction of sp³-hybridized carbons (Fsp3) is 0.385. The van der Waals surface area contributed by atoms with Gasteiger partial charge in [0.05, 0.1) is 7.11 Å². The molecule has 0 heterocycles. The molecule has 0 spiro atoms. The first-order valence-corrected chi connectivity index (χ1v) is 11.3. The fourth-order valence-electron chi connectivity index (χ4n) is 2.90. The van der Waals surface area contributed by atoms with Crippen LogP contribution >= 0.6 is 0 Å². The lowest BCUT2D eigenvalue weighted by atomic mass is 10.1. The summed E-state index contributed by atoms with van der Waals surface area (Å²) in [7, 11) is 1.27.